The molecule has 1 fully saturated rings. The van der Waals surface area contributed by atoms with Crippen molar-refractivity contribution in [3.63, 3.8) is 0 Å². The predicted octanol–water partition coefficient (Wildman–Crippen LogP) is 1.68. The van der Waals surface area contributed by atoms with Crippen LogP contribution in [0.1, 0.15) is 43.7 Å². The van der Waals surface area contributed by atoms with Crippen LogP contribution < -0.4 is 11.1 Å². The molecule has 1 aliphatic heterocycles. The van der Waals surface area contributed by atoms with Crippen molar-refractivity contribution in [1.29, 1.82) is 0 Å². The molecule has 1 aromatic heterocycles. The van der Waals surface area contributed by atoms with Crippen molar-refractivity contribution in [2.45, 2.75) is 50.6 Å². The number of anilines is 1. The molecular weight excluding hydrogens is 200 g/mol. The van der Waals surface area contributed by atoms with Crippen LogP contribution in [0.5, 0.6) is 0 Å². The molecule has 0 bridgehead atoms. The summed E-state index contributed by atoms with van der Waals surface area (Å²) in [5.41, 5.74) is 7.40. The minimum Gasteiger partial charge on any atom is -0.354 e. The largest absolute Gasteiger partial charge is 0.354 e. The highest BCUT2D eigenvalue weighted by atomic mass is 15.2. The fourth-order valence-corrected chi connectivity index (χ4v) is 2.97. The van der Waals surface area contributed by atoms with Crippen molar-refractivity contribution in [3.05, 3.63) is 11.9 Å². The number of hydrogen-bond acceptors (Lipinski definition) is 3. The Hall–Kier alpha value is -1.03. The number of rotatable bonds is 1. The Kier molecular flexibility index (Phi) is 2.59. The van der Waals surface area contributed by atoms with Crippen LogP contribution in [0.2, 0.25) is 0 Å². The van der Waals surface area contributed by atoms with Gasteiger partial charge in [0, 0.05) is 30.7 Å². The second-order valence-corrected chi connectivity index (χ2v) is 5.09. The summed E-state index contributed by atoms with van der Waals surface area (Å²) < 4.78 is 2.30. The number of nitrogens with zero attached hydrogens (tertiary/aromatic N) is 2. The van der Waals surface area contributed by atoms with Crippen molar-refractivity contribution in [1.82, 2.24) is 9.55 Å². The molecule has 1 aromatic rings. The molecule has 0 saturated heterocycles. The molecule has 0 radical (unpaired) electrons. The summed E-state index contributed by atoms with van der Waals surface area (Å²) in [6, 6.07) is 0.226. The quantitative estimate of drug-likeness (QED) is 0.757. The number of aromatic nitrogens is 2. The summed E-state index contributed by atoms with van der Waals surface area (Å²) in [6.45, 7) is 1.77. The van der Waals surface area contributed by atoms with Crippen LogP contribution in [-0.2, 0) is 6.54 Å². The Labute approximate surface area is 96.2 Å². The van der Waals surface area contributed by atoms with E-state index < -0.39 is 0 Å². The van der Waals surface area contributed by atoms with Crippen molar-refractivity contribution in [3.8, 4) is 0 Å². The van der Waals surface area contributed by atoms with Gasteiger partial charge in [0.25, 0.3) is 0 Å². The molecule has 16 heavy (non-hydrogen) atoms. The molecule has 4 heteroatoms. The maximum atomic E-state index is 6.00. The van der Waals surface area contributed by atoms with Gasteiger partial charge in [0.15, 0.2) is 0 Å². The van der Waals surface area contributed by atoms with Crippen molar-refractivity contribution in [2.75, 3.05) is 11.9 Å². The Bertz CT molecular complexity index is 365. The molecule has 1 atom stereocenters. The van der Waals surface area contributed by atoms with Crippen LogP contribution in [0.3, 0.4) is 0 Å². The fraction of sp³-hybridized carbons (Fsp3) is 0.750. The monoisotopic (exact) mass is 220 g/mol. The highest BCUT2D eigenvalue weighted by Crippen LogP contribution is 2.34. The lowest BCUT2D eigenvalue weighted by Gasteiger charge is -2.27. The normalized spacial score (nSPS) is 26.2. The third-order valence-electron chi connectivity index (χ3n) is 3.85. The molecule has 3 rings (SSSR count). The van der Waals surface area contributed by atoms with Gasteiger partial charge in [0.1, 0.15) is 0 Å². The van der Waals surface area contributed by atoms with E-state index >= 15 is 0 Å². The first-order valence-electron chi connectivity index (χ1n) is 6.39. The van der Waals surface area contributed by atoms with Gasteiger partial charge in [-0.3, -0.25) is 0 Å². The van der Waals surface area contributed by atoms with Gasteiger partial charge in [0.05, 0.1) is 6.20 Å². The molecule has 2 aliphatic rings. The van der Waals surface area contributed by atoms with E-state index in [0.717, 1.165) is 19.0 Å². The zero-order valence-corrected chi connectivity index (χ0v) is 9.65. The van der Waals surface area contributed by atoms with Gasteiger partial charge in [-0.05, 0) is 12.8 Å². The van der Waals surface area contributed by atoms with Gasteiger partial charge in [-0.15, -0.1) is 0 Å². The van der Waals surface area contributed by atoms with E-state index in [1.807, 2.05) is 0 Å². The predicted molar refractivity (Wildman–Crippen MR) is 64.5 cm³/mol. The molecular formula is C12H20N4. The van der Waals surface area contributed by atoms with Crippen molar-refractivity contribution in [2.24, 2.45) is 5.73 Å². The Morgan fingerprint density at radius 2 is 2.12 bits per heavy atom. The second-order valence-electron chi connectivity index (χ2n) is 5.09. The average Bonchev–Trinajstić information content (AvgIpc) is 2.73. The third-order valence-corrected chi connectivity index (χ3v) is 3.85. The van der Waals surface area contributed by atoms with E-state index in [9.17, 15) is 0 Å². The van der Waals surface area contributed by atoms with Gasteiger partial charge >= 0.3 is 0 Å². The van der Waals surface area contributed by atoms with Gasteiger partial charge in [0.2, 0.25) is 5.95 Å². The van der Waals surface area contributed by atoms with Crippen LogP contribution in [0.15, 0.2) is 6.20 Å². The highest BCUT2D eigenvalue weighted by Gasteiger charge is 2.24. The number of nitrogens with one attached hydrogen (secondary N) is 1. The van der Waals surface area contributed by atoms with Crippen LogP contribution >= 0.6 is 0 Å². The first-order valence-corrected chi connectivity index (χ1v) is 6.39. The molecule has 88 valence electrons. The van der Waals surface area contributed by atoms with Gasteiger partial charge in [-0.1, -0.05) is 19.3 Å². The summed E-state index contributed by atoms with van der Waals surface area (Å²) in [7, 11) is 0. The van der Waals surface area contributed by atoms with E-state index in [1.165, 1.54) is 37.8 Å². The van der Waals surface area contributed by atoms with Gasteiger partial charge in [-0.25, -0.2) is 4.98 Å². The van der Waals surface area contributed by atoms with E-state index in [4.69, 9.17) is 5.73 Å². The molecule has 1 saturated carbocycles. The maximum absolute atomic E-state index is 6.00. The smallest absolute Gasteiger partial charge is 0.203 e. The minimum atomic E-state index is 0.226. The highest BCUT2D eigenvalue weighted by molar-refractivity contribution is 5.33. The lowest BCUT2D eigenvalue weighted by molar-refractivity contribution is 0.414. The zero-order valence-electron chi connectivity index (χ0n) is 9.65. The first kappa shape index (κ1) is 10.1. The molecule has 3 N–H and O–H groups in total. The molecule has 0 spiro atoms. The molecule has 0 amide bonds. The second kappa shape index (κ2) is 4.09. The van der Waals surface area contributed by atoms with Gasteiger partial charge < -0.3 is 15.6 Å². The lowest BCUT2D eigenvalue weighted by Crippen LogP contribution is -2.39. The fourth-order valence-electron chi connectivity index (χ4n) is 2.97. The number of hydrogen-bond donors (Lipinski definition) is 2. The Morgan fingerprint density at radius 3 is 2.94 bits per heavy atom. The first-order chi connectivity index (χ1) is 7.84. The van der Waals surface area contributed by atoms with E-state index in [1.54, 1.807) is 0 Å². The standard InChI is InChI=1S/C12H20N4/c13-10-6-14-12-15-7-11(16(12)8-10)9-4-2-1-3-5-9/h7,9-10H,1-6,8,13H2,(H,14,15). The molecule has 4 nitrogen and oxygen atoms in total. The van der Waals surface area contributed by atoms with Crippen LogP contribution in [0, 0.1) is 0 Å². The SMILES string of the molecule is NC1CNc2ncc(C3CCCCC3)n2C1. The maximum Gasteiger partial charge on any atom is 0.203 e. The molecule has 1 unspecified atom stereocenters. The molecule has 0 aromatic carbocycles. The molecule has 1 aliphatic carbocycles. The minimum absolute atomic E-state index is 0.226. The average molecular weight is 220 g/mol. The van der Waals surface area contributed by atoms with E-state index in [-0.39, 0.29) is 6.04 Å². The number of fused-ring (bicyclic) bond motifs is 1. The van der Waals surface area contributed by atoms with Crippen molar-refractivity contribution >= 4 is 5.95 Å². The van der Waals surface area contributed by atoms with E-state index in [0.29, 0.717) is 5.92 Å². The Balaban J connectivity index is 1.86. The lowest BCUT2D eigenvalue weighted by atomic mass is 9.87. The summed E-state index contributed by atoms with van der Waals surface area (Å²) in [5.74, 6) is 1.73. The zero-order chi connectivity index (χ0) is 11.0. The van der Waals surface area contributed by atoms with E-state index in [2.05, 4.69) is 21.1 Å². The number of imidazole rings is 1. The summed E-state index contributed by atoms with van der Waals surface area (Å²) >= 11 is 0. The summed E-state index contributed by atoms with van der Waals surface area (Å²) in [4.78, 5) is 4.46. The Morgan fingerprint density at radius 1 is 1.31 bits per heavy atom. The third kappa shape index (κ3) is 1.71. The summed E-state index contributed by atoms with van der Waals surface area (Å²) in [5, 5.41) is 3.30. The van der Waals surface area contributed by atoms with Crippen LogP contribution in [0.25, 0.3) is 0 Å². The number of nitrogens with two attached hydrogens (primary N) is 1. The topological polar surface area (TPSA) is 55.9 Å². The molecule has 2 heterocycles. The van der Waals surface area contributed by atoms with Crippen LogP contribution in [-0.4, -0.2) is 22.1 Å². The summed E-state index contributed by atoms with van der Waals surface area (Å²) in [6.07, 6.45) is 8.82. The van der Waals surface area contributed by atoms with Gasteiger partial charge in [-0.2, -0.15) is 0 Å². The van der Waals surface area contributed by atoms with Crippen molar-refractivity contribution < 1.29 is 0 Å². The van der Waals surface area contributed by atoms with Crippen LogP contribution in [0.4, 0.5) is 5.95 Å².